The molecule has 1 heterocycles. The van der Waals surface area contributed by atoms with Crippen molar-refractivity contribution in [2.45, 2.75) is 4.90 Å². The maximum Gasteiger partial charge on any atom is 0.337 e. The lowest BCUT2D eigenvalue weighted by Gasteiger charge is -2.12. The fourth-order valence-corrected chi connectivity index (χ4v) is 4.59. The lowest BCUT2D eigenvalue weighted by molar-refractivity contribution is -0.115. The van der Waals surface area contributed by atoms with E-state index in [1.165, 1.54) is 54.6 Å². The molecule has 4 rings (SSSR count). The Balaban J connectivity index is 1.57. The van der Waals surface area contributed by atoms with Crippen LogP contribution in [0.1, 0.15) is 20.7 Å². The summed E-state index contributed by atoms with van der Waals surface area (Å²) in [6.45, 7) is -0.379. The average Bonchev–Trinajstić information content (AvgIpc) is 2.89. The predicted molar refractivity (Wildman–Crippen MR) is 136 cm³/mol. The Bertz CT molecular complexity index is 1750. The fourth-order valence-electron chi connectivity index (χ4n) is 3.48. The molecule has 0 saturated carbocycles. The zero-order chi connectivity index (χ0) is 27.4. The zero-order valence-electron chi connectivity index (χ0n) is 19.3. The van der Waals surface area contributed by atoms with Crippen molar-refractivity contribution in [3.05, 3.63) is 94.5 Å². The summed E-state index contributed by atoms with van der Waals surface area (Å²) in [5.74, 6) is -3.22. The number of carbonyl (C=O) groups excluding carboxylic acids is 1. The highest BCUT2D eigenvalue weighted by molar-refractivity contribution is 7.92. The van der Waals surface area contributed by atoms with Gasteiger partial charge in [0.1, 0.15) is 6.33 Å². The van der Waals surface area contributed by atoms with Crippen LogP contribution in [0.3, 0.4) is 0 Å². The number of aromatic carboxylic acids is 2. The van der Waals surface area contributed by atoms with E-state index in [1.807, 2.05) is 0 Å². The molecule has 0 saturated heterocycles. The van der Waals surface area contributed by atoms with E-state index in [1.54, 1.807) is 6.07 Å². The number of hydrogen-bond acceptors (Lipinski definition) is 8. The van der Waals surface area contributed by atoms with E-state index in [2.05, 4.69) is 20.4 Å². The molecule has 0 fully saturated rings. The van der Waals surface area contributed by atoms with Crippen LogP contribution in [-0.2, 0) is 14.8 Å². The van der Waals surface area contributed by atoms with Gasteiger partial charge in [0.25, 0.3) is 21.5 Å². The highest BCUT2D eigenvalue weighted by Gasteiger charge is 2.20. The van der Waals surface area contributed by atoms with E-state index >= 15 is 0 Å². The van der Waals surface area contributed by atoms with Crippen LogP contribution < -0.4 is 21.0 Å². The number of hydrogen-bond donors (Lipinski definition) is 5. The highest BCUT2D eigenvalue weighted by atomic mass is 32.2. The Hall–Kier alpha value is -5.24. The number of benzene rings is 3. The molecule has 14 heteroatoms. The molecule has 5 N–H and O–H groups in total. The Morgan fingerprint density at radius 2 is 1.47 bits per heavy atom. The van der Waals surface area contributed by atoms with Gasteiger partial charge in [-0.2, -0.15) is 0 Å². The van der Waals surface area contributed by atoms with E-state index in [0.717, 1.165) is 17.1 Å². The SMILES string of the molecule is O=C(CNc1ccccc1C(=O)O)Nn1cnc2ccc(S(=O)(=O)Nc3ccccc3C(=O)O)cc2c1=O. The molecular weight excluding hydrogens is 518 g/mol. The molecular formula is C24H19N5O8S. The Labute approximate surface area is 214 Å². The molecule has 1 amide bonds. The van der Waals surface area contributed by atoms with Crippen LogP contribution in [0.2, 0.25) is 0 Å². The molecule has 0 atom stereocenters. The largest absolute Gasteiger partial charge is 0.478 e. The third-order valence-electron chi connectivity index (χ3n) is 5.28. The highest BCUT2D eigenvalue weighted by Crippen LogP contribution is 2.22. The van der Waals surface area contributed by atoms with Gasteiger partial charge in [-0.05, 0) is 42.5 Å². The number of nitrogens with one attached hydrogen (secondary N) is 3. The van der Waals surface area contributed by atoms with E-state index in [-0.39, 0.29) is 44.8 Å². The first-order chi connectivity index (χ1) is 18.1. The van der Waals surface area contributed by atoms with Crippen molar-refractivity contribution in [2.24, 2.45) is 0 Å². The van der Waals surface area contributed by atoms with Gasteiger partial charge >= 0.3 is 11.9 Å². The second-order valence-corrected chi connectivity index (χ2v) is 9.48. The standard InChI is InChI=1S/C24H19N5O8S/c30-21(12-25-18-7-3-1-5-15(18)23(32)33)27-29-13-26-19-10-9-14(11-17(19)22(29)31)38(36,37)28-20-8-4-2-6-16(20)24(34)35/h1-11,13,25,28H,12H2,(H,27,30)(H,32,33)(H,34,35). The van der Waals surface area contributed by atoms with Gasteiger partial charge < -0.3 is 15.5 Å². The molecule has 38 heavy (non-hydrogen) atoms. The summed E-state index contributed by atoms with van der Waals surface area (Å²) in [6.07, 6.45) is 1.04. The molecule has 13 nitrogen and oxygen atoms in total. The first-order valence-corrected chi connectivity index (χ1v) is 12.3. The van der Waals surface area contributed by atoms with Crippen LogP contribution in [0.25, 0.3) is 10.9 Å². The van der Waals surface area contributed by atoms with Crippen LogP contribution in [0.15, 0.2) is 82.7 Å². The van der Waals surface area contributed by atoms with Crippen LogP contribution >= 0.6 is 0 Å². The summed E-state index contributed by atoms with van der Waals surface area (Å²) in [5, 5.41) is 21.1. The maximum atomic E-state index is 13.0. The van der Waals surface area contributed by atoms with Gasteiger partial charge in [-0.15, -0.1) is 0 Å². The van der Waals surface area contributed by atoms with Crippen LogP contribution in [0.5, 0.6) is 0 Å². The zero-order valence-corrected chi connectivity index (χ0v) is 20.1. The minimum absolute atomic E-state index is 0.0434. The molecule has 4 aromatic rings. The van der Waals surface area contributed by atoms with Crippen molar-refractivity contribution in [1.29, 1.82) is 0 Å². The Kier molecular flexibility index (Phi) is 7.07. The van der Waals surface area contributed by atoms with E-state index < -0.39 is 33.4 Å². The van der Waals surface area contributed by atoms with Gasteiger partial charge in [-0.25, -0.2) is 27.7 Å². The van der Waals surface area contributed by atoms with Crippen LogP contribution in [0, 0.1) is 0 Å². The second kappa shape index (κ2) is 10.4. The summed E-state index contributed by atoms with van der Waals surface area (Å²) < 4.78 is 28.8. The first-order valence-electron chi connectivity index (χ1n) is 10.8. The van der Waals surface area contributed by atoms with Gasteiger partial charge in [0.2, 0.25) is 0 Å². The van der Waals surface area contributed by atoms with Crippen molar-refractivity contribution < 1.29 is 33.0 Å². The second-order valence-electron chi connectivity index (χ2n) is 7.79. The van der Waals surface area contributed by atoms with Gasteiger partial charge in [0, 0.05) is 5.69 Å². The van der Waals surface area contributed by atoms with Crippen molar-refractivity contribution in [1.82, 2.24) is 9.66 Å². The number of anilines is 2. The minimum atomic E-state index is -4.30. The number of aromatic nitrogens is 2. The summed E-state index contributed by atoms with van der Waals surface area (Å²) in [4.78, 5) is 51.8. The van der Waals surface area contributed by atoms with E-state index in [9.17, 15) is 37.8 Å². The molecule has 0 aliphatic carbocycles. The number of sulfonamides is 1. The fraction of sp³-hybridized carbons (Fsp3) is 0.0417. The van der Waals surface area contributed by atoms with Crippen molar-refractivity contribution in [3.8, 4) is 0 Å². The molecule has 0 aliphatic heterocycles. The Morgan fingerprint density at radius 1 is 0.868 bits per heavy atom. The van der Waals surface area contributed by atoms with Crippen LogP contribution in [0.4, 0.5) is 11.4 Å². The maximum absolute atomic E-state index is 13.0. The molecule has 0 bridgehead atoms. The number of carboxylic acid groups (broad SMARTS) is 2. The summed E-state index contributed by atoms with van der Waals surface area (Å²) in [6, 6.07) is 14.9. The minimum Gasteiger partial charge on any atom is -0.478 e. The van der Waals surface area contributed by atoms with E-state index in [4.69, 9.17) is 0 Å². The quantitative estimate of drug-likeness (QED) is 0.210. The molecule has 0 spiro atoms. The number of amides is 1. The number of nitrogens with zero attached hydrogens (tertiary/aromatic N) is 2. The lowest BCUT2D eigenvalue weighted by atomic mass is 10.2. The molecule has 0 radical (unpaired) electrons. The van der Waals surface area contributed by atoms with Crippen LogP contribution in [-0.4, -0.2) is 52.7 Å². The van der Waals surface area contributed by atoms with Gasteiger partial charge in [0.15, 0.2) is 0 Å². The van der Waals surface area contributed by atoms with E-state index in [0.29, 0.717) is 0 Å². The predicted octanol–water partition coefficient (Wildman–Crippen LogP) is 1.78. The monoisotopic (exact) mass is 537 g/mol. The van der Waals surface area contributed by atoms with Gasteiger partial charge in [0.05, 0.1) is 39.2 Å². The number of fused-ring (bicyclic) bond motifs is 1. The topological polar surface area (TPSA) is 197 Å². The molecule has 1 aromatic heterocycles. The first kappa shape index (κ1) is 25.8. The Morgan fingerprint density at radius 3 is 2.13 bits per heavy atom. The van der Waals surface area contributed by atoms with Crippen molar-refractivity contribution in [2.75, 3.05) is 22.0 Å². The third kappa shape index (κ3) is 5.44. The summed E-state index contributed by atoms with van der Waals surface area (Å²) >= 11 is 0. The smallest absolute Gasteiger partial charge is 0.337 e. The van der Waals surface area contributed by atoms with Gasteiger partial charge in [-0.3, -0.25) is 19.7 Å². The molecule has 0 aliphatic rings. The summed E-state index contributed by atoms with van der Waals surface area (Å²) in [7, 11) is -4.30. The average molecular weight is 538 g/mol. The number of carboxylic acids is 2. The number of para-hydroxylation sites is 2. The summed E-state index contributed by atoms with van der Waals surface area (Å²) in [5.41, 5.74) is 1.41. The van der Waals surface area contributed by atoms with Crippen molar-refractivity contribution >= 4 is 50.1 Å². The number of rotatable bonds is 9. The molecule has 194 valence electrons. The molecule has 3 aromatic carbocycles. The molecule has 0 unspecified atom stereocenters. The van der Waals surface area contributed by atoms with Gasteiger partial charge in [-0.1, -0.05) is 24.3 Å². The van der Waals surface area contributed by atoms with Crippen molar-refractivity contribution in [3.63, 3.8) is 0 Å². The normalized spacial score (nSPS) is 11.1. The third-order valence-corrected chi connectivity index (χ3v) is 6.65. The lowest BCUT2D eigenvalue weighted by Crippen LogP contribution is -2.36. The number of carbonyl (C=O) groups is 3.